The highest BCUT2D eigenvalue weighted by molar-refractivity contribution is 5.53. The fraction of sp³-hybridized carbons (Fsp3) is 0.647. The molecule has 2 N–H and O–H groups in total. The number of ether oxygens (including phenoxy) is 1. The molecule has 1 saturated carbocycles. The first-order valence-corrected chi connectivity index (χ1v) is 7.76. The number of aryl methyl sites for hydroxylation is 1. The average molecular weight is 277 g/mol. The van der Waals surface area contributed by atoms with Crippen LogP contribution < -0.4 is 5.32 Å². The molecule has 0 amide bonds. The van der Waals surface area contributed by atoms with E-state index < -0.39 is 6.10 Å². The van der Waals surface area contributed by atoms with E-state index in [9.17, 15) is 5.11 Å². The number of benzene rings is 1. The number of nitrogens with one attached hydrogen (secondary N) is 1. The van der Waals surface area contributed by atoms with Crippen LogP contribution in [-0.2, 0) is 4.74 Å². The lowest BCUT2D eigenvalue weighted by Gasteiger charge is -2.23. The highest BCUT2D eigenvalue weighted by Crippen LogP contribution is 2.21. The third-order valence-electron chi connectivity index (χ3n) is 4.21. The molecule has 0 radical (unpaired) electrons. The fourth-order valence-corrected chi connectivity index (χ4v) is 2.71. The summed E-state index contributed by atoms with van der Waals surface area (Å²) in [6.45, 7) is 5.17. The fourth-order valence-electron chi connectivity index (χ4n) is 2.71. The molecule has 0 saturated heterocycles. The van der Waals surface area contributed by atoms with Gasteiger partial charge >= 0.3 is 0 Å². The molecule has 0 spiro atoms. The maximum absolute atomic E-state index is 10.0. The van der Waals surface area contributed by atoms with E-state index in [1.54, 1.807) is 0 Å². The summed E-state index contributed by atoms with van der Waals surface area (Å²) in [6.07, 6.45) is 6.07. The molecule has 2 rings (SSSR count). The maximum atomic E-state index is 10.0. The van der Waals surface area contributed by atoms with Gasteiger partial charge < -0.3 is 15.2 Å². The number of hydrogen-bond donors (Lipinski definition) is 2. The normalized spacial score (nSPS) is 17.9. The van der Waals surface area contributed by atoms with Crippen LogP contribution in [0.15, 0.2) is 18.2 Å². The van der Waals surface area contributed by atoms with Gasteiger partial charge in [-0.15, -0.1) is 0 Å². The van der Waals surface area contributed by atoms with Crippen LogP contribution in [0.5, 0.6) is 0 Å². The number of anilines is 1. The van der Waals surface area contributed by atoms with Gasteiger partial charge in [-0.2, -0.15) is 0 Å². The lowest BCUT2D eigenvalue weighted by Crippen LogP contribution is -2.28. The molecule has 20 heavy (non-hydrogen) atoms. The van der Waals surface area contributed by atoms with Crippen molar-refractivity contribution in [1.82, 2.24) is 0 Å². The van der Waals surface area contributed by atoms with Crippen molar-refractivity contribution in [2.75, 3.05) is 18.5 Å². The van der Waals surface area contributed by atoms with E-state index in [2.05, 4.69) is 31.3 Å². The summed E-state index contributed by atoms with van der Waals surface area (Å²) in [5.74, 6) is 0. The lowest BCUT2D eigenvalue weighted by atomic mass is 9.98. The molecule has 1 unspecified atom stereocenters. The Morgan fingerprint density at radius 2 is 2.00 bits per heavy atom. The zero-order valence-electron chi connectivity index (χ0n) is 12.7. The molecule has 1 fully saturated rings. The molecule has 3 nitrogen and oxygen atoms in total. The van der Waals surface area contributed by atoms with Crippen LogP contribution in [0.25, 0.3) is 0 Å². The van der Waals surface area contributed by atoms with Crippen LogP contribution in [0.1, 0.15) is 43.2 Å². The summed E-state index contributed by atoms with van der Waals surface area (Å²) < 4.78 is 5.80. The molecule has 0 bridgehead atoms. The molecular weight excluding hydrogens is 250 g/mol. The molecule has 0 aromatic heterocycles. The van der Waals surface area contributed by atoms with Gasteiger partial charge in [0.05, 0.1) is 18.8 Å². The molecule has 0 aliphatic heterocycles. The number of aliphatic hydroxyl groups excluding tert-OH is 1. The molecule has 112 valence electrons. The monoisotopic (exact) mass is 277 g/mol. The third-order valence-corrected chi connectivity index (χ3v) is 4.21. The van der Waals surface area contributed by atoms with E-state index in [-0.39, 0.29) is 0 Å². The minimum absolute atomic E-state index is 0.360. The van der Waals surface area contributed by atoms with E-state index in [0.29, 0.717) is 19.3 Å². The van der Waals surface area contributed by atoms with Gasteiger partial charge in [0.15, 0.2) is 0 Å². The number of aliphatic hydroxyl groups is 1. The predicted octanol–water partition coefficient (Wildman–Crippen LogP) is 3.43. The van der Waals surface area contributed by atoms with Gasteiger partial charge in [0.2, 0.25) is 0 Å². The van der Waals surface area contributed by atoms with Crippen LogP contribution in [0.3, 0.4) is 0 Å². The average Bonchev–Trinajstić information content (AvgIpc) is 2.48. The van der Waals surface area contributed by atoms with E-state index in [0.717, 1.165) is 18.5 Å². The van der Waals surface area contributed by atoms with Crippen molar-refractivity contribution in [3.8, 4) is 0 Å². The summed E-state index contributed by atoms with van der Waals surface area (Å²) in [7, 11) is 0. The first kappa shape index (κ1) is 15.3. The van der Waals surface area contributed by atoms with Crippen LogP contribution in [0.2, 0.25) is 0 Å². The molecule has 1 atom stereocenters. The van der Waals surface area contributed by atoms with Crippen molar-refractivity contribution in [2.24, 2.45) is 0 Å². The third kappa shape index (κ3) is 4.50. The minimum atomic E-state index is -0.447. The van der Waals surface area contributed by atoms with Crippen molar-refractivity contribution in [3.63, 3.8) is 0 Å². The second-order valence-electron chi connectivity index (χ2n) is 5.88. The van der Waals surface area contributed by atoms with Crippen LogP contribution in [0.4, 0.5) is 5.69 Å². The summed E-state index contributed by atoms with van der Waals surface area (Å²) >= 11 is 0. The van der Waals surface area contributed by atoms with Crippen LogP contribution in [-0.4, -0.2) is 30.5 Å². The Kier molecular flexibility index (Phi) is 5.86. The van der Waals surface area contributed by atoms with Crippen molar-refractivity contribution in [2.45, 2.75) is 58.2 Å². The van der Waals surface area contributed by atoms with Crippen molar-refractivity contribution >= 4 is 5.69 Å². The highest BCUT2D eigenvalue weighted by Gasteiger charge is 2.15. The zero-order chi connectivity index (χ0) is 14.4. The zero-order valence-corrected chi connectivity index (χ0v) is 12.7. The van der Waals surface area contributed by atoms with E-state index in [1.807, 2.05) is 6.07 Å². The standard InChI is InChI=1S/C17H27NO2/c1-13-7-6-10-17(14(13)2)18-11-15(19)12-20-16-8-4-3-5-9-16/h6-7,10,15-16,18-19H,3-5,8-9,11-12H2,1-2H3. The van der Waals surface area contributed by atoms with Crippen molar-refractivity contribution in [3.05, 3.63) is 29.3 Å². The van der Waals surface area contributed by atoms with Gasteiger partial charge in [-0.05, 0) is 43.9 Å². The Morgan fingerprint density at radius 1 is 1.25 bits per heavy atom. The molecule has 1 aliphatic carbocycles. The smallest absolute Gasteiger partial charge is 0.0945 e. The quantitative estimate of drug-likeness (QED) is 0.837. The first-order valence-electron chi connectivity index (χ1n) is 7.76. The van der Waals surface area contributed by atoms with Gasteiger partial charge in [0.1, 0.15) is 0 Å². The van der Waals surface area contributed by atoms with E-state index >= 15 is 0 Å². The Labute approximate surface area is 122 Å². The van der Waals surface area contributed by atoms with E-state index in [4.69, 9.17) is 4.74 Å². The Balaban J connectivity index is 1.71. The van der Waals surface area contributed by atoms with Gasteiger partial charge in [0.25, 0.3) is 0 Å². The Hall–Kier alpha value is -1.06. The second kappa shape index (κ2) is 7.65. The van der Waals surface area contributed by atoms with Gasteiger partial charge in [-0.1, -0.05) is 31.4 Å². The van der Waals surface area contributed by atoms with Crippen LogP contribution in [0, 0.1) is 13.8 Å². The summed E-state index contributed by atoms with van der Waals surface area (Å²) in [6, 6.07) is 6.19. The van der Waals surface area contributed by atoms with Crippen molar-refractivity contribution in [1.29, 1.82) is 0 Å². The highest BCUT2D eigenvalue weighted by atomic mass is 16.5. The van der Waals surface area contributed by atoms with Crippen molar-refractivity contribution < 1.29 is 9.84 Å². The molecular formula is C17H27NO2. The maximum Gasteiger partial charge on any atom is 0.0945 e. The van der Waals surface area contributed by atoms with Gasteiger partial charge in [-0.3, -0.25) is 0 Å². The minimum Gasteiger partial charge on any atom is -0.389 e. The summed E-state index contributed by atoms with van der Waals surface area (Å²) in [5.41, 5.74) is 3.61. The number of rotatable bonds is 6. The van der Waals surface area contributed by atoms with Gasteiger partial charge in [0, 0.05) is 12.2 Å². The Morgan fingerprint density at radius 3 is 2.75 bits per heavy atom. The number of hydrogen-bond acceptors (Lipinski definition) is 3. The van der Waals surface area contributed by atoms with Gasteiger partial charge in [-0.25, -0.2) is 0 Å². The molecule has 1 aromatic rings. The van der Waals surface area contributed by atoms with Crippen LogP contribution >= 0.6 is 0 Å². The second-order valence-corrected chi connectivity index (χ2v) is 5.88. The summed E-state index contributed by atoms with van der Waals surface area (Å²) in [4.78, 5) is 0. The lowest BCUT2D eigenvalue weighted by molar-refractivity contribution is -0.0195. The van der Waals surface area contributed by atoms with E-state index in [1.165, 1.54) is 30.4 Å². The first-order chi connectivity index (χ1) is 9.66. The predicted molar refractivity (Wildman–Crippen MR) is 83.2 cm³/mol. The molecule has 1 aliphatic rings. The SMILES string of the molecule is Cc1cccc(NCC(O)COC2CCCCC2)c1C. The molecule has 3 heteroatoms. The largest absolute Gasteiger partial charge is 0.389 e. The summed E-state index contributed by atoms with van der Waals surface area (Å²) in [5, 5.41) is 13.3. The molecule has 0 heterocycles. The topological polar surface area (TPSA) is 41.5 Å². The Bertz CT molecular complexity index is 413. The molecule has 1 aromatic carbocycles.